The van der Waals surface area contributed by atoms with Crippen LogP contribution >= 0.6 is 11.8 Å². The quantitative estimate of drug-likeness (QED) is 0.945. The van der Waals surface area contributed by atoms with Crippen LogP contribution in [-0.2, 0) is 11.3 Å². The Kier molecular flexibility index (Phi) is 4.02. The smallest absolute Gasteiger partial charge is 0.409 e. The van der Waals surface area contributed by atoms with Crippen LogP contribution in [0.1, 0.15) is 5.56 Å². The molecule has 2 aromatic rings. The molecule has 5 nitrogen and oxygen atoms in total. The lowest BCUT2D eigenvalue weighted by atomic mass is 10.2. The number of ether oxygens (including phenoxy) is 1. The van der Waals surface area contributed by atoms with Gasteiger partial charge in [0.2, 0.25) is 5.91 Å². The van der Waals surface area contributed by atoms with Gasteiger partial charge in [-0.05, 0) is 17.7 Å². The Bertz CT molecular complexity index is 719. The standard InChI is InChI=1S/C16H14N2O3S/c17-16(20)21-12-6-7-14-13(8-12)18(15(19)10-22-14)9-11-4-2-1-3-5-11/h1-8H,9-10H2,(H2,17,20). The highest BCUT2D eigenvalue weighted by Crippen LogP contribution is 2.38. The lowest BCUT2D eigenvalue weighted by Crippen LogP contribution is -2.34. The average molecular weight is 314 g/mol. The SMILES string of the molecule is NC(=O)Oc1ccc2c(c1)N(Cc1ccccc1)C(=O)CS2. The van der Waals surface area contributed by atoms with Crippen LogP contribution in [0, 0.1) is 0 Å². The minimum atomic E-state index is -0.871. The van der Waals surface area contributed by atoms with Gasteiger partial charge in [0.1, 0.15) is 5.75 Å². The number of thioether (sulfide) groups is 1. The normalized spacial score (nSPS) is 13.6. The van der Waals surface area contributed by atoms with Crippen LogP contribution < -0.4 is 15.4 Å². The predicted octanol–water partition coefficient (Wildman–Crippen LogP) is 2.78. The van der Waals surface area contributed by atoms with Gasteiger partial charge < -0.3 is 15.4 Å². The molecule has 2 aromatic carbocycles. The summed E-state index contributed by atoms with van der Waals surface area (Å²) in [7, 11) is 0. The molecule has 3 rings (SSSR count). The van der Waals surface area contributed by atoms with Crippen LogP contribution in [0.3, 0.4) is 0 Å². The summed E-state index contributed by atoms with van der Waals surface area (Å²) in [5.41, 5.74) is 6.82. The van der Waals surface area contributed by atoms with Gasteiger partial charge in [0, 0.05) is 11.0 Å². The summed E-state index contributed by atoms with van der Waals surface area (Å²) in [6.07, 6.45) is -0.871. The number of hydrogen-bond donors (Lipinski definition) is 1. The lowest BCUT2D eigenvalue weighted by molar-refractivity contribution is -0.116. The Morgan fingerprint density at radius 1 is 1.23 bits per heavy atom. The van der Waals surface area contributed by atoms with Crippen molar-refractivity contribution in [3.63, 3.8) is 0 Å². The number of carbonyl (C=O) groups is 2. The number of fused-ring (bicyclic) bond motifs is 1. The fourth-order valence-electron chi connectivity index (χ4n) is 2.30. The first-order valence-corrected chi connectivity index (χ1v) is 7.70. The second-order valence-electron chi connectivity index (χ2n) is 4.80. The summed E-state index contributed by atoms with van der Waals surface area (Å²) in [4.78, 5) is 25.8. The van der Waals surface area contributed by atoms with Gasteiger partial charge in [-0.25, -0.2) is 4.79 Å². The highest BCUT2D eigenvalue weighted by atomic mass is 32.2. The number of amides is 2. The van der Waals surface area contributed by atoms with E-state index in [1.165, 1.54) is 11.8 Å². The van der Waals surface area contributed by atoms with Crippen LogP contribution in [0.4, 0.5) is 10.5 Å². The minimum absolute atomic E-state index is 0.0255. The molecule has 0 aromatic heterocycles. The van der Waals surface area contributed by atoms with Gasteiger partial charge in [0.05, 0.1) is 18.0 Å². The van der Waals surface area contributed by atoms with Crippen LogP contribution in [0.15, 0.2) is 53.4 Å². The van der Waals surface area contributed by atoms with Gasteiger partial charge in [-0.2, -0.15) is 0 Å². The van der Waals surface area contributed by atoms with E-state index in [0.717, 1.165) is 16.1 Å². The molecule has 22 heavy (non-hydrogen) atoms. The molecule has 0 spiro atoms. The number of carbonyl (C=O) groups excluding carboxylic acids is 2. The molecule has 2 amide bonds. The van der Waals surface area contributed by atoms with Gasteiger partial charge in [-0.1, -0.05) is 30.3 Å². The molecule has 1 aliphatic rings. The molecule has 0 bridgehead atoms. The van der Waals surface area contributed by atoms with E-state index in [1.807, 2.05) is 36.4 Å². The molecule has 1 heterocycles. The first-order valence-electron chi connectivity index (χ1n) is 6.72. The molecule has 1 aliphatic heterocycles. The minimum Gasteiger partial charge on any atom is -0.410 e. The van der Waals surface area contributed by atoms with Crippen molar-refractivity contribution in [3.8, 4) is 5.75 Å². The lowest BCUT2D eigenvalue weighted by Gasteiger charge is -2.29. The number of rotatable bonds is 3. The van der Waals surface area contributed by atoms with Gasteiger partial charge in [0.25, 0.3) is 0 Å². The Hall–Kier alpha value is -2.47. The number of anilines is 1. The number of nitrogens with zero attached hydrogens (tertiary/aromatic N) is 1. The molecule has 0 saturated carbocycles. The van der Waals surface area contributed by atoms with Crippen molar-refractivity contribution in [2.24, 2.45) is 5.73 Å². The van der Waals surface area contributed by atoms with Crippen LogP contribution in [0.25, 0.3) is 0 Å². The van der Waals surface area contributed by atoms with Crippen molar-refractivity contribution in [1.82, 2.24) is 0 Å². The number of hydrogen-bond acceptors (Lipinski definition) is 4. The third-order valence-electron chi connectivity index (χ3n) is 3.28. The zero-order valence-corrected chi connectivity index (χ0v) is 12.5. The first-order chi connectivity index (χ1) is 10.6. The third kappa shape index (κ3) is 3.07. The monoisotopic (exact) mass is 314 g/mol. The second kappa shape index (κ2) is 6.11. The van der Waals surface area contributed by atoms with Crippen molar-refractivity contribution >= 4 is 29.4 Å². The molecule has 0 unspecified atom stereocenters. The van der Waals surface area contributed by atoms with E-state index >= 15 is 0 Å². The number of nitrogens with two attached hydrogens (primary N) is 1. The second-order valence-corrected chi connectivity index (χ2v) is 5.82. The van der Waals surface area contributed by atoms with Gasteiger partial charge in [-0.15, -0.1) is 11.8 Å². The molecule has 112 valence electrons. The summed E-state index contributed by atoms with van der Waals surface area (Å²) >= 11 is 1.48. The van der Waals surface area contributed by atoms with E-state index in [1.54, 1.807) is 17.0 Å². The summed E-state index contributed by atoms with van der Waals surface area (Å²) in [6, 6.07) is 14.9. The Morgan fingerprint density at radius 2 is 2.00 bits per heavy atom. The molecule has 2 N–H and O–H groups in total. The van der Waals surface area contributed by atoms with Crippen molar-refractivity contribution < 1.29 is 14.3 Å². The fourth-order valence-corrected chi connectivity index (χ4v) is 3.22. The van der Waals surface area contributed by atoms with Crippen molar-refractivity contribution in [1.29, 1.82) is 0 Å². The Labute approximate surface area is 132 Å². The molecule has 6 heteroatoms. The topological polar surface area (TPSA) is 72.6 Å². The molecule has 0 saturated heterocycles. The van der Waals surface area contributed by atoms with Crippen LogP contribution in [-0.4, -0.2) is 17.8 Å². The maximum Gasteiger partial charge on any atom is 0.409 e. The van der Waals surface area contributed by atoms with Crippen molar-refractivity contribution in [2.75, 3.05) is 10.7 Å². The molecular formula is C16H14N2O3S. The molecule has 0 radical (unpaired) electrons. The van der Waals surface area contributed by atoms with E-state index in [2.05, 4.69) is 0 Å². The number of benzene rings is 2. The Balaban J connectivity index is 1.94. The fraction of sp³-hybridized carbons (Fsp3) is 0.125. The summed E-state index contributed by atoms with van der Waals surface area (Å²) in [6.45, 7) is 0.479. The molecule has 0 fully saturated rings. The summed E-state index contributed by atoms with van der Waals surface area (Å²) < 4.78 is 4.91. The van der Waals surface area contributed by atoms with E-state index in [9.17, 15) is 9.59 Å². The van der Waals surface area contributed by atoms with Crippen LogP contribution in [0.2, 0.25) is 0 Å². The first kappa shape index (κ1) is 14.5. The molecular weight excluding hydrogens is 300 g/mol. The molecule has 0 atom stereocenters. The van der Waals surface area contributed by atoms with E-state index in [4.69, 9.17) is 10.5 Å². The molecule has 0 aliphatic carbocycles. The third-order valence-corrected chi connectivity index (χ3v) is 4.32. The maximum absolute atomic E-state index is 12.3. The maximum atomic E-state index is 12.3. The van der Waals surface area contributed by atoms with Gasteiger partial charge in [-0.3, -0.25) is 4.79 Å². The zero-order valence-electron chi connectivity index (χ0n) is 11.7. The summed E-state index contributed by atoms with van der Waals surface area (Å²) in [5.74, 6) is 0.757. The largest absolute Gasteiger partial charge is 0.410 e. The van der Waals surface area contributed by atoms with Gasteiger partial charge >= 0.3 is 6.09 Å². The number of primary amides is 1. The predicted molar refractivity (Wildman–Crippen MR) is 85.0 cm³/mol. The highest BCUT2D eigenvalue weighted by Gasteiger charge is 2.25. The highest BCUT2D eigenvalue weighted by molar-refractivity contribution is 8.00. The van der Waals surface area contributed by atoms with E-state index in [-0.39, 0.29) is 5.91 Å². The van der Waals surface area contributed by atoms with E-state index < -0.39 is 6.09 Å². The zero-order chi connectivity index (χ0) is 15.5. The van der Waals surface area contributed by atoms with E-state index in [0.29, 0.717) is 18.0 Å². The van der Waals surface area contributed by atoms with Gasteiger partial charge in [0.15, 0.2) is 0 Å². The average Bonchev–Trinajstić information content (AvgIpc) is 2.51. The van der Waals surface area contributed by atoms with Crippen molar-refractivity contribution in [3.05, 3.63) is 54.1 Å². The van der Waals surface area contributed by atoms with Crippen LogP contribution in [0.5, 0.6) is 5.75 Å². The Morgan fingerprint density at radius 3 is 2.73 bits per heavy atom. The summed E-state index contributed by atoms with van der Waals surface area (Å²) in [5, 5.41) is 0. The van der Waals surface area contributed by atoms with Crippen molar-refractivity contribution in [2.45, 2.75) is 11.4 Å².